The molecule has 0 aliphatic carbocycles. The Bertz CT molecular complexity index is 930. The Morgan fingerprint density at radius 1 is 1.12 bits per heavy atom. The van der Waals surface area contributed by atoms with Crippen molar-refractivity contribution in [1.29, 1.82) is 10.5 Å². The number of benzene rings is 1. The van der Waals surface area contributed by atoms with Gasteiger partial charge in [-0.15, -0.1) is 15.3 Å². The van der Waals surface area contributed by atoms with Crippen molar-refractivity contribution in [2.75, 3.05) is 16.5 Å². The molecule has 0 atom stereocenters. The molecule has 10 heteroatoms. The lowest BCUT2D eigenvalue weighted by molar-refractivity contribution is 0.802. The van der Waals surface area contributed by atoms with Crippen molar-refractivity contribution in [3.05, 3.63) is 47.2 Å². The van der Waals surface area contributed by atoms with Gasteiger partial charge in [0, 0.05) is 6.54 Å². The molecular weight excluding hydrogens is 326 g/mol. The molecule has 4 N–H and O–H groups in total. The van der Waals surface area contributed by atoms with E-state index in [1.54, 1.807) is 0 Å². The highest BCUT2D eigenvalue weighted by molar-refractivity contribution is 7.18. The van der Waals surface area contributed by atoms with Crippen LogP contribution in [0.4, 0.5) is 16.1 Å². The molecule has 0 aliphatic rings. The first-order chi connectivity index (χ1) is 11.7. The topological polar surface area (TPSA) is 141 Å². The summed E-state index contributed by atoms with van der Waals surface area (Å²) in [5.74, 6) is 0.0445. The van der Waals surface area contributed by atoms with Crippen LogP contribution in [0.3, 0.4) is 0 Å². The van der Waals surface area contributed by atoms with Gasteiger partial charge >= 0.3 is 0 Å². The van der Waals surface area contributed by atoms with Crippen LogP contribution < -0.4 is 16.5 Å². The number of nitrogens with zero attached hydrogens (tertiary/aromatic N) is 6. The molecule has 1 aromatic carbocycles. The fraction of sp³-hybridized carbons (Fsp3) is 0.0714. The summed E-state index contributed by atoms with van der Waals surface area (Å²) in [5.41, 5.74) is 9.69. The Hall–Kier alpha value is -3.63. The van der Waals surface area contributed by atoms with Crippen molar-refractivity contribution in [2.24, 2.45) is 0 Å². The second-order valence-corrected chi connectivity index (χ2v) is 5.59. The number of rotatable bonds is 5. The predicted molar refractivity (Wildman–Crippen MR) is 88.8 cm³/mol. The highest BCUT2D eigenvalue weighted by Crippen LogP contribution is 2.22. The molecular formula is C14H11N9S. The Morgan fingerprint density at radius 2 is 1.88 bits per heavy atom. The molecule has 3 rings (SSSR count). The van der Waals surface area contributed by atoms with E-state index in [0.717, 1.165) is 10.4 Å². The third kappa shape index (κ3) is 3.09. The molecule has 3 aromatic rings. The maximum absolute atomic E-state index is 8.99. The minimum atomic E-state index is -0.0468. The predicted octanol–water partition coefficient (Wildman–Crippen LogP) is 1.55. The van der Waals surface area contributed by atoms with Gasteiger partial charge < -0.3 is 11.1 Å². The fourth-order valence-corrected chi connectivity index (χ4v) is 2.53. The minimum absolute atomic E-state index is 0.0249. The average Bonchev–Trinajstić information content (AvgIpc) is 3.18. The van der Waals surface area contributed by atoms with Crippen molar-refractivity contribution >= 4 is 27.4 Å². The highest BCUT2D eigenvalue weighted by atomic mass is 32.1. The number of nitrogens with one attached hydrogen (secondary N) is 2. The molecule has 0 aliphatic heterocycles. The summed E-state index contributed by atoms with van der Waals surface area (Å²) in [5, 5.41) is 34.0. The Kier molecular flexibility index (Phi) is 4.23. The first kappa shape index (κ1) is 15.3. The smallest absolute Gasteiger partial charge is 0.227 e. The van der Waals surface area contributed by atoms with Gasteiger partial charge in [0.1, 0.15) is 17.7 Å². The normalized spacial score (nSPS) is 9.92. The van der Waals surface area contributed by atoms with E-state index in [-0.39, 0.29) is 17.1 Å². The van der Waals surface area contributed by atoms with Gasteiger partial charge in [0.15, 0.2) is 11.5 Å². The Balaban J connectivity index is 1.70. The summed E-state index contributed by atoms with van der Waals surface area (Å²) in [6.45, 7) is 0.622. The van der Waals surface area contributed by atoms with Crippen molar-refractivity contribution in [3.8, 4) is 12.1 Å². The molecule has 2 heterocycles. The number of hydrogen-bond donors (Lipinski definition) is 3. The molecule has 0 bridgehead atoms. The zero-order chi connectivity index (χ0) is 16.9. The summed E-state index contributed by atoms with van der Waals surface area (Å²) in [6, 6.07) is 13.6. The summed E-state index contributed by atoms with van der Waals surface area (Å²) < 4.78 is 0. The quantitative estimate of drug-likeness (QED) is 0.636. The molecule has 0 unspecified atom stereocenters. The summed E-state index contributed by atoms with van der Waals surface area (Å²) in [6.07, 6.45) is 0. The van der Waals surface area contributed by atoms with E-state index in [4.69, 9.17) is 16.3 Å². The minimum Gasteiger partial charge on any atom is -0.381 e. The van der Waals surface area contributed by atoms with Crippen molar-refractivity contribution < 1.29 is 0 Å². The zero-order valence-corrected chi connectivity index (χ0v) is 13.1. The second kappa shape index (κ2) is 6.64. The largest absolute Gasteiger partial charge is 0.381 e. The molecule has 0 spiro atoms. The van der Waals surface area contributed by atoms with Crippen LogP contribution in [0.25, 0.3) is 0 Å². The lowest BCUT2D eigenvalue weighted by Gasteiger charge is -2.03. The summed E-state index contributed by atoms with van der Waals surface area (Å²) >= 11 is 1.26. The van der Waals surface area contributed by atoms with Crippen molar-refractivity contribution in [2.45, 2.75) is 6.54 Å². The Morgan fingerprint density at radius 3 is 2.54 bits per heavy atom. The van der Waals surface area contributed by atoms with Gasteiger partial charge in [-0.2, -0.15) is 15.3 Å². The number of aromatic nitrogens is 4. The van der Waals surface area contributed by atoms with Gasteiger partial charge in [-0.05, 0) is 5.56 Å². The second-order valence-electron chi connectivity index (χ2n) is 4.61. The number of nitrogens with two attached hydrogens (primary N) is 1. The van der Waals surface area contributed by atoms with Gasteiger partial charge in [0.05, 0.1) is 0 Å². The molecule has 118 valence electrons. The monoisotopic (exact) mass is 337 g/mol. The van der Waals surface area contributed by atoms with Crippen LogP contribution >= 0.6 is 11.3 Å². The molecule has 0 fully saturated rings. The van der Waals surface area contributed by atoms with Crippen LogP contribution in [0, 0.1) is 22.7 Å². The first-order valence-electron chi connectivity index (χ1n) is 6.78. The van der Waals surface area contributed by atoms with Crippen LogP contribution in [-0.2, 0) is 6.54 Å². The number of nitrogen functional groups attached to an aromatic ring is 1. The average molecular weight is 337 g/mol. The fourth-order valence-electron chi connectivity index (χ4n) is 1.91. The third-order valence-corrected chi connectivity index (χ3v) is 3.84. The van der Waals surface area contributed by atoms with Gasteiger partial charge in [0.25, 0.3) is 0 Å². The molecule has 2 aromatic heterocycles. The Labute approximate surface area is 140 Å². The van der Waals surface area contributed by atoms with E-state index in [2.05, 4.69) is 26.0 Å². The van der Waals surface area contributed by atoms with Crippen LogP contribution in [0.1, 0.15) is 16.8 Å². The lowest BCUT2D eigenvalue weighted by Crippen LogP contribution is -2.13. The lowest BCUT2D eigenvalue weighted by atomic mass is 10.2. The van der Waals surface area contributed by atoms with Crippen molar-refractivity contribution in [3.63, 3.8) is 0 Å². The van der Waals surface area contributed by atoms with Gasteiger partial charge in [-0.3, -0.25) is 0 Å². The van der Waals surface area contributed by atoms with Crippen molar-refractivity contribution in [1.82, 2.24) is 20.1 Å². The van der Waals surface area contributed by atoms with E-state index in [1.807, 2.05) is 42.5 Å². The van der Waals surface area contributed by atoms with Crippen LogP contribution in [0.15, 0.2) is 30.3 Å². The number of nitriles is 2. The first-order valence-corrected chi connectivity index (χ1v) is 7.60. The SMILES string of the molecule is N#Cc1nn(Nc2nnc(NCc3ccccc3)s2)c(N)c1C#N. The van der Waals surface area contributed by atoms with Gasteiger partial charge in [-0.25, -0.2) is 5.43 Å². The van der Waals surface area contributed by atoms with Crippen LogP contribution in [0.5, 0.6) is 0 Å². The molecule has 0 saturated carbocycles. The summed E-state index contributed by atoms with van der Waals surface area (Å²) in [4.78, 5) is 1.14. The van der Waals surface area contributed by atoms with E-state index in [9.17, 15) is 0 Å². The van der Waals surface area contributed by atoms with E-state index >= 15 is 0 Å². The highest BCUT2D eigenvalue weighted by Gasteiger charge is 2.16. The van der Waals surface area contributed by atoms with Crippen LogP contribution in [0.2, 0.25) is 0 Å². The number of hydrogen-bond acceptors (Lipinski definition) is 9. The third-order valence-electron chi connectivity index (χ3n) is 3.05. The standard InChI is InChI=1S/C14H11N9S/c15-6-10-11(7-16)21-23(12(10)17)22-14-20-19-13(24-14)18-8-9-4-2-1-3-5-9/h1-5H,8,17H2,(H,18,19)(H,20,22). The van der Waals surface area contributed by atoms with E-state index in [1.165, 1.54) is 11.3 Å². The van der Waals surface area contributed by atoms with Gasteiger partial charge in [0.2, 0.25) is 10.3 Å². The molecule has 0 saturated heterocycles. The van der Waals surface area contributed by atoms with E-state index in [0.29, 0.717) is 16.8 Å². The maximum Gasteiger partial charge on any atom is 0.227 e. The maximum atomic E-state index is 8.99. The van der Waals surface area contributed by atoms with Crippen LogP contribution in [-0.4, -0.2) is 20.1 Å². The number of anilines is 3. The summed E-state index contributed by atoms with van der Waals surface area (Å²) in [7, 11) is 0. The molecule has 0 radical (unpaired) electrons. The molecule has 9 nitrogen and oxygen atoms in total. The van der Waals surface area contributed by atoms with Gasteiger partial charge in [-0.1, -0.05) is 41.7 Å². The molecule has 0 amide bonds. The molecule has 24 heavy (non-hydrogen) atoms. The zero-order valence-electron chi connectivity index (χ0n) is 12.3. The van der Waals surface area contributed by atoms with E-state index < -0.39 is 0 Å².